The lowest BCUT2D eigenvalue weighted by atomic mass is 10.2. The van der Waals surface area contributed by atoms with Gasteiger partial charge in [0.15, 0.2) is 0 Å². The molecule has 0 amide bonds. The van der Waals surface area contributed by atoms with Crippen LogP contribution in [0, 0.1) is 5.92 Å². The summed E-state index contributed by atoms with van der Waals surface area (Å²) in [5.41, 5.74) is 0. The molecule has 0 N–H and O–H groups in total. The predicted octanol–water partition coefficient (Wildman–Crippen LogP) is 1.76. The van der Waals surface area contributed by atoms with Crippen molar-refractivity contribution in [2.24, 2.45) is 5.92 Å². The molecule has 0 rings (SSSR count). The Morgan fingerprint density at radius 3 is 3.10 bits per heavy atom. The van der Waals surface area contributed by atoms with E-state index in [4.69, 9.17) is 6.85 Å². The van der Waals surface area contributed by atoms with Crippen LogP contribution in [0.15, 0.2) is 12.2 Å². The van der Waals surface area contributed by atoms with Gasteiger partial charge in [-0.1, -0.05) is 19.9 Å². The summed E-state index contributed by atoms with van der Waals surface area (Å²) in [6.45, 7) is -2.29. The van der Waals surface area contributed by atoms with Crippen LogP contribution in [0.5, 0.6) is 0 Å². The number of esters is 1. The van der Waals surface area contributed by atoms with Gasteiger partial charge in [0.05, 0.1) is 9.30 Å². The van der Waals surface area contributed by atoms with Crippen LogP contribution < -0.4 is 0 Å². The molecule has 0 bridgehead atoms. The molecule has 2 nitrogen and oxygen atoms in total. The molecule has 58 valence electrons. The van der Waals surface area contributed by atoms with Gasteiger partial charge < -0.3 is 4.74 Å². The van der Waals surface area contributed by atoms with Gasteiger partial charge in [0.1, 0.15) is 0 Å². The van der Waals surface area contributed by atoms with Crippen molar-refractivity contribution in [2.45, 2.75) is 20.7 Å². The minimum Gasteiger partial charge on any atom is -0.463 e. The van der Waals surface area contributed by atoms with Gasteiger partial charge in [0.2, 0.25) is 0 Å². The second kappa shape index (κ2) is 5.03. The summed E-state index contributed by atoms with van der Waals surface area (Å²) < 4.78 is 38.6. The van der Waals surface area contributed by atoms with E-state index in [2.05, 4.69) is 4.74 Å². The first-order chi connectivity index (χ1) is 6.56. The van der Waals surface area contributed by atoms with Crippen molar-refractivity contribution < 1.29 is 16.4 Å². The molecule has 0 aromatic rings. The minimum absolute atomic E-state index is 0.108. The summed E-state index contributed by atoms with van der Waals surface area (Å²) in [6, 6.07) is 0. The number of hydrogen-bond donors (Lipinski definition) is 0. The average molecular weight is 147 g/mol. The van der Waals surface area contributed by atoms with Gasteiger partial charge in [-0.25, -0.2) is 4.79 Å². The van der Waals surface area contributed by atoms with E-state index in [-0.39, 0.29) is 5.92 Å². The Morgan fingerprint density at radius 2 is 2.60 bits per heavy atom. The van der Waals surface area contributed by atoms with Crippen LogP contribution in [0.4, 0.5) is 0 Å². The molecule has 0 aliphatic carbocycles. The van der Waals surface area contributed by atoms with Gasteiger partial charge in [-0.2, -0.15) is 0 Å². The number of ether oxygens (including phenoxy) is 1. The Kier molecular flexibility index (Phi) is 1.79. The summed E-state index contributed by atoms with van der Waals surface area (Å²) in [6.07, 6.45) is 2.52. The summed E-state index contributed by atoms with van der Waals surface area (Å²) in [7, 11) is 0. The minimum atomic E-state index is -2.98. The molecule has 10 heavy (non-hydrogen) atoms. The number of allylic oxidation sites excluding steroid dienone is 1. The Balaban J connectivity index is 4.42. The van der Waals surface area contributed by atoms with Crippen molar-refractivity contribution in [1.82, 2.24) is 0 Å². The van der Waals surface area contributed by atoms with Crippen molar-refractivity contribution in [2.75, 3.05) is 6.56 Å². The fraction of sp³-hybridized carbons (Fsp3) is 0.625. The molecule has 0 aliphatic heterocycles. The SMILES string of the molecule is [2H]C([2H])([2H])C([2H])([2H])OC(=O)/C=C/C(C)C. The second-order valence-electron chi connectivity index (χ2n) is 2.13. The molecular formula is C8H14O2. The largest absolute Gasteiger partial charge is 0.463 e. The number of rotatable bonds is 3. The molecule has 0 fully saturated rings. The third-order valence-electron chi connectivity index (χ3n) is 0.769. The Bertz CT molecular complexity index is 254. The zero-order chi connectivity index (χ0) is 12.3. The molecule has 0 aliphatic rings. The van der Waals surface area contributed by atoms with Crippen LogP contribution in [-0.4, -0.2) is 12.5 Å². The van der Waals surface area contributed by atoms with E-state index < -0.39 is 19.4 Å². The number of carbonyl (C=O) groups excluding carboxylic acids is 1. The van der Waals surface area contributed by atoms with E-state index >= 15 is 0 Å². The number of carbonyl (C=O) groups is 1. The first-order valence-corrected chi connectivity index (χ1v) is 2.97. The molecule has 0 aromatic heterocycles. The maximum atomic E-state index is 11.0. The molecule has 0 spiro atoms. The molecule has 0 heterocycles. The summed E-state index contributed by atoms with van der Waals surface area (Å²) in [5.74, 6) is -0.888. The van der Waals surface area contributed by atoms with Crippen LogP contribution in [0.25, 0.3) is 0 Å². The fourth-order valence-electron chi connectivity index (χ4n) is 0.355. The predicted molar refractivity (Wildman–Crippen MR) is 40.6 cm³/mol. The molecule has 2 heteroatoms. The van der Waals surface area contributed by atoms with Crippen molar-refractivity contribution in [1.29, 1.82) is 0 Å². The lowest BCUT2D eigenvalue weighted by Crippen LogP contribution is -1.99. The standard InChI is InChI=1S/C8H14O2/c1-4-10-8(9)6-5-7(2)3/h5-7H,4H2,1-3H3/b6-5+/i1D3,4D2. The van der Waals surface area contributed by atoms with E-state index in [1.807, 2.05) is 13.8 Å². The zero-order valence-electron chi connectivity index (χ0n) is 11.0. The highest BCUT2D eigenvalue weighted by Crippen LogP contribution is 1.93. The molecule has 0 saturated carbocycles. The summed E-state index contributed by atoms with van der Waals surface area (Å²) >= 11 is 0. The van der Waals surface area contributed by atoms with Gasteiger partial charge in [-0.15, -0.1) is 0 Å². The van der Waals surface area contributed by atoms with Gasteiger partial charge in [-0.05, 0) is 12.8 Å². The van der Waals surface area contributed by atoms with Crippen molar-refractivity contribution in [3.05, 3.63) is 12.2 Å². The average Bonchev–Trinajstić information content (AvgIpc) is 1.97. The third-order valence-corrected chi connectivity index (χ3v) is 0.769. The van der Waals surface area contributed by atoms with Crippen LogP contribution in [0.2, 0.25) is 0 Å². The topological polar surface area (TPSA) is 26.3 Å². The quantitative estimate of drug-likeness (QED) is 0.449. The van der Waals surface area contributed by atoms with Gasteiger partial charge >= 0.3 is 5.97 Å². The molecule has 0 radical (unpaired) electrons. The third kappa shape index (κ3) is 5.35. The summed E-state index contributed by atoms with van der Waals surface area (Å²) in [5, 5.41) is 0. The van der Waals surface area contributed by atoms with Crippen LogP contribution in [-0.2, 0) is 9.53 Å². The molecule has 0 saturated heterocycles. The maximum absolute atomic E-state index is 11.0. The smallest absolute Gasteiger partial charge is 0.330 e. The Labute approximate surface area is 68.9 Å². The van der Waals surface area contributed by atoms with Crippen LogP contribution in [0.3, 0.4) is 0 Å². The van der Waals surface area contributed by atoms with Crippen molar-refractivity contribution in [3.8, 4) is 0 Å². The maximum Gasteiger partial charge on any atom is 0.330 e. The van der Waals surface area contributed by atoms with Crippen LogP contribution >= 0.6 is 0 Å². The Morgan fingerprint density at radius 1 is 1.90 bits per heavy atom. The van der Waals surface area contributed by atoms with Gasteiger partial charge in [0, 0.05) is 10.2 Å². The first-order valence-electron chi connectivity index (χ1n) is 5.47. The normalized spacial score (nSPS) is 20.9. The van der Waals surface area contributed by atoms with Crippen molar-refractivity contribution in [3.63, 3.8) is 0 Å². The Hall–Kier alpha value is -0.790. The zero-order valence-corrected chi connectivity index (χ0v) is 6.05. The molecule has 0 unspecified atom stereocenters. The monoisotopic (exact) mass is 147 g/mol. The highest BCUT2D eigenvalue weighted by Gasteiger charge is 1.92. The fourth-order valence-corrected chi connectivity index (χ4v) is 0.355. The van der Waals surface area contributed by atoms with E-state index in [0.29, 0.717) is 0 Å². The van der Waals surface area contributed by atoms with Gasteiger partial charge in [-0.3, -0.25) is 0 Å². The van der Waals surface area contributed by atoms with E-state index in [9.17, 15) is 4.79 Å². The molecule has 0 atom stereocenters. The lowest BCUT2D eigenvalue weighted by Gasteiger charge is -1.95. The van der Waals surface area contributed by atoms with E-state index in [0.717, 1.165) is 6.08 Å². The molecular weight excluding hydrogens is 128 g/mol. The molecule has 0 aromatic carbocycles. The van der Waals surface area contributed by atoms with Crippen molar-refractivity contribution >= 4 is 5.97 Å². The van der Waals surface area contributed by atoms with Gasteiger partial charge in [0.25, 0.3) is 0 Å². The van der Waals surface area contributed by atoms with E-state index in [1.54, 1.807) is 0 Å². The lowest BCUT2D eigenvalue weighted by molar-refractivity contribution is -0.137. The highest BCUT2D eigenvalue weighted by atomic mass is 16.5. The first kappa shape index (κ1) is 3.56. The highest BCUT2D eigenvalue weighted by molar-refractivity contribution is 5.81. The number of hydrogen-bond acceptors (Lipinski definition) is 2. The van der Waals surface area contributed by atoms with E-state index in [1.165, 1.54) is 6.08 Å². The van der Waals surface area contributed by atoms with Crippen LogP contribution in [0.1, 0.15) is 27.6 Å². The second-order valence-corrected chi connectivity index (χ2v) is 2.13. The summed E-state index contributed by atoms with van der Waals surface area (Å²) in [4.78, 5) is 11.0.